The SMILES string of the molecule is CN(CC1CCCC1)C(=O)N1CCC(CC(=O)O)C1. The Morgan fingerprint density at radius 1 is 1.21 bits per heavy atom. The van der Waals surface area contributed by atoms with E-state index in [2.05, 4.69) is 0 Å². The predicted molar refractivity (Wildman–Crippen MR) is 71.9 cm³/mol. The number of rotatable bonds is 4. The van der Waals surface area contributed by atoms with Crippen LogP contribution < -0.4 is 0 Å². The lowest BCUT2D eigenvalue weighted by molar-refractivity contribution is -0.138. The van der Waals surface area contributed by atoms with Gasteiger partial charge >= 0.3 is 12.0 Å². The highest BCUT2D eigenvalue weighted by Crippen LogP contribution is 2.26. The van der Waals surface area contributed by atoms with Crippen LogP contribution in [0.5, 0.6) is 0 Å². The highest BCUT2D eigenvalue weighted by atomic mass is 16.4. The molecule has 1 saturated carbocycles. The summed E-state index contributed by atoms with van der Waals surface area (Å²) in [7, 11) is 1.87. The predicted octanol–water partition coefficient (Wildman–Crippen LogP) is 2.03. The molecule has 0 radical (unpaired) electrons. The smallest absolute Gasteiger partial charge is 0.319 e. The van der Waals surface area contributed by atoms with Crippen LogP contribution in [0.1, 0.15) is 38.5 Å². The van der Waals surface area contributed by atoms with Crippen LogP contribution in [-0.4, -0.2) is 53.6 Å². The van der Waals surface area contributed by atoms with Gasteiger partial charge in [-0.15, -0.1) is 0 Å². The lowest BCUT2D eigenvalue weighted by Gasteiger charge is -2.26. The number of aliphatic carboxylic acids is 1. The van der Waals surface area contributed by atoms with Gasteiger partial charge < -0.3 is 14.9 Å². The lowest BCUT2D eigenvalue weighted by atomic mass is 10.1. The van der Waals surface area contributed by atoms with E-state index in [1.54, 1.807) is 0 Å². The van der Waals surface area contributed by atoms with E-state index in [1.807, 2.05) is 16.8 Å². The van der Waals surface area contributed by atoms with Crippen LogP contribution in [0.2, 0.25) is 0 Å². The number of carbonyl (C=O) groups excluding carboxylic acids is 1. The molecule has 5 nitrogen and oxygen atoms in total. The molecule has 108 valence electrons. The quantitative estimate of drug-likeness (QED) is 0.848. The molecule has 1 aliphatic heterocycles. The Morgan fingerprint density at radius 3 is 2.53 bits per heavy atom. The van der Waals surface area contributed by atoms with Gasteiger partial charge in [0, 0.05) is 33.1 Å². The molecule has 5 heteroatoms. The van der Waals surface area contributed by atoms with Crippen LogP contribution in [0.3, 0.4) is 0 Å². The number of likely N-dealkylation sites (tertiary alicyclic amines) is 1. The summed E-state index contributed by atoms with van der Waals surface area (Å²) in [6, 6.07) is 0.0692. The number of hydrogen-bond donors (Lipinski definition) is 1. The molecule has 0 aromatic heterocycles. The van der Waals surface area contributed by atoms with Gasteiger partial charge in [0.1, 0.15) is 0 Å². The molecule has 1 unspecified atom stereocenters. The fraction of sp³-hybridized carbons (Fsp3) is 0.857. The van der Waals surface area contributed by atoms with Crippen molar-refractivity contribution >= 4 is 12.0 Å². The van der Waals surface area contributed by atoms with Crippen LogP contribution in [0.25, 0.3) is 0 Å². The number of urea groups is 1. The van der Waals surface area contributed by atoms with Crippen molar-refractivity contribution in [3.05, 3.63) is 0 Å². The summed E-state index contributed by atoms with van der Waals surface area (Å²) in [6.07, 6.45) is 6.04. The van der Waals surface area contributed by atoms with Gasteiger partial charge in [-0.25, -0.2) is 4.79 Å². The molecule has 1 saturated heterocycles. The maximum Gasteiger partial charge on any atom is 0.319 e. The monoisotopic (exact) mass is 268 g/mol. The first-order chi connectivity index (χ1) is 9.06. The number of amides is 2. The molecule has 1 N–H and O–H groups in total. The van der Waals surface area contributed by atoms with Crippen LogP contribution in [0.4, 0.5) is 4.79 Å². The van der Waals surface area contributed by atoms with E-state index in [0.717, 1.165) is 13.0 Å². The summed E-state index contributed by atoms with van der Waals surface area (Å²) < 4.78 is 0. The van der Waals surface area contributed by atoms with Crippen molar-refractivity contribution in [3.8, 4) is 0 Å². The van der Waals surface area contributed by atoms with Gasteiger partial charge in [-0.05, 0) is 31.1 Å². The molecule has 0 aromatic carbocycles. The normalized spacial score (nSPS) is 23.8. The highest BCUT2D eigenvalue weighted by Gasteiger charge is 2.30. The van der Waals surface area contributed by atoms with E-state index in [-0.39, 0.29) is 18.4 Å². The van der Waals surface area contributed by atoms with E-state index < -0.39 is 5.97 Å². The van der Waals surface area contributed by atoms with Gasteiger partial charge in [0.25, 0.3) is 0 Å². The van der Waals surface area contributed by atoms with Crippen LogP contribution >= 0.6 is 0 Å². The second-order valence-electron chi connectivity index (χ2n) is 6.01. The van der Waals surface area contributed by atoms with Crippen LogP contribution in [0.15, 0.2) is 0 Å². The van der Waals surface area contributed by atoms with Crippen molar-refractivity contribution in [2.45, 2.75) is 38.5 Å². The molecule has 0 spiro atoms. The Kier molecular flexibility index (Phi) is 4.66. The third-order valence-electron chi connectivity index (χ3n) is 4.35. The van der Waals surface area contributed by atoms with Crippen molar-refractivity contribution in [2.75, 3.05) is 26.7 Å². The van der Waals surface area contributed by atoms with E-state index in [1.165, 1.54) is 25.7 Å². The lowest BCUT2D eigenvalue weighted by Crippen LogP contribution is -2.41. The molecule has 19 heavy (non-hydrogen) atoms. The minimum Gasteiger partial charge on any atom is -0.481 e. The number of carboxylic acids is 1. The number of hydrogen-bond acceptors (Lipinski definition) is 2. The number of carbonyl (C=O) groups is 2. The summed E-state index contributed by atoms with van der Waals surface area (Å²) in [5, 5.41) is 8.78. The molecular formula is C14H24N2O3. The fourth-order valence-corrected chi connectivity index (χ4v) is 3.32. The first kappa shape index (κ1) is 14.2. The average molecular weight is 268 g/mol. The second-order valence-corrected chi connectivity index (χ2v) is 6.01. The van der Waals surface area contributed by atoms with Crippen molar-refractivity contribution in [1.29, 1.82) is 0 Å². The minimum absolute atomic E-state index is 0.0692. The molecule has 0 aromatic rings. The summed E-state index contributed by atoms with van der Waals surface area (Å²) in [5.41, 5.74) is 0. The van der Waals surface area contributed by atoms with E-state index in [0.29, 0.717) is 19.0 Å². The molecule has 1 atom stereocenters. The van der Waals surface area contributed by atoms with E-state index >= 15 is 0 Å². The Balaban J connectivity index is 1.77. The largest absolute Gasteiger partial charge is 0.481 e. The first-order valence-corrected chi connectivity index (χ1v) is 7.28. The zero-order valence-electron chi connectivity index (χ0n) is 11.7. The summed E-state index contributed by atoms with van der Waals surface area (Å²) >= 11 is 0. The first-order valence-electron chi connectivity index (χ1n) is 7.28. The van der Waals surface area contributed by atoms with Crippen LogP contribution in [-0.2, 0) is 4.79 Å². The topological polar surface area (TPSA) is 60.9 Å². The Morgan fingerprint density at radius 2 is 1.89 bits per heavy atom. The maximum atomic E-state index is 12.3. The molecule has 1 heterocycles. The molecule has 1 aliphatic carbocycles. The van der Waals surface area contributed by atoms with Crippen molar-refractivity contribution in [2.24, 2.45) is 11.8 Å². The molecular weight excluding hydrogens is 244 g/mol. The zero-order valence-corrected chi connectivity index (χ0v) is 11.7. The Labute approximate surface area is 114 Å². The van der Waals surface area contributed by atoms with Crippen LogP contribution in [0, 0.1) is 11.8 Å². The van der Waals surface area contributed by atoms with Crippen molar-refractivity contribution < 1.29 is 14.7 Å². The van der Waals surface area contributed by atoms with Gasteiger partial charge in [0.05, 0.1) is 0 Å². The minimum atomic E-state index is -0.765. The van der Waals surface area contributed by atoms with Crippen molar-refractivity contribution in [1.82, 2.24) is 9.80 Å². The maximum absolute atomic E-state index is 12.3. The van der Waals surface area contributed by atoms with Gasteiger partial charge in [0.15, 0.2) is 0 Å². The second kappa shape index (κ2) is 6.26. The van der Waals surface area contributed by atoms with Gasteiger partial charge in [-0.2, -0.15) is 0 Å². The van der Waals surface area contributed by atoms with E-state index in [4.69, 9.17) is 5.11 Å². The van der Waals surface area contributed by atoms with Gasteiger partial charge in [-0.1, -0.05) is 12.8 Å². The fourth-order valence-electron chi connectivity index (χ4n) is 3.32. The highest BCUT2D eigenvalue weighted by molar-refractivity contribution is 5.74. The Bertz CT molecular complexity index is 340. The number of nitrogens with zero attached hydrogens (tertiary/aromatic N) is 2. The molecule has 2 fully saturated rings. The van der Waals surface area contributed by atoms with Gasteiger partial charge in [0.2, 0.25) is 0 Å². The van der Waals surface area contributed by atoms with Gasteiger partial charge in [-0.3, -0.25) is 4.79 Å². The third-order valence-corrected chi connectivity index (χ3v) is 4.35. The summed E-state index contributed by atoms with van der Waals surface area (Å²) in [6.45, 7) is 2.14. The molecule has 2 aliphatic rings. The van der Waals surface area contributed by atoms with E-state index in [9.17, 15) is 9.59 Å². The van der Waals surface area contributed by atoms with Crippen molar-refractivity contribution in [3.63, 3.8) is 0 Å². The summed E-state index contributed by atoms with van der Waals surface area (Å²) in [5.74, 6) is 0.0197. The Hall–Kier alpha value is -1.26. The molecule has 2 rings (SSSR count). The standard InChI is InChI=1S/C14H24N2O3/c1-15(9-11-4-2-3-5-11)14(19)16-7-6-12(10-16)8-13(17)18/h11-12H,2-10H2,1H3,(H,17,18). The summed E-state index contributed by atoms with van der Waals surface area (Å²) in [4.78, 5) is 26.6. The zero-order chi connectivity index (χ0) is 13.8. The average Bonchev–Trinajstić information content (AvgIpc) is 2.98. The third kappa shape index (κ3) is 3.85. The molecule has 2 amide bonds. The number of carboxylic acid groups (broad SMARTS) is 1. The molecule has 0 bridgehead atoms.